The predicted molar refractivity (Wildman–Crippen MR) is 138 cm³/mol. The molecule has 0 atom stereocenters. The van der Waals surface area contributed by atoms with Gasteiger partial charge in [0.25, 0.3) is 10.1 Å². The number of aryl methyl sites for hydroxylation is 1. The van der Waals surface area contributed by atoms with Gasteiger partial charge in [-0.05, 0) is 31.9 Å². The highest BCUT2D eigenvalue weighted by molar-refractivity contribution is 7.86. The SMILES string of the molecule is CCCCCCCCCCC(CCCCCCCCCC)OS(=O)(=O)c1ccc(C)cc1. The van der Waals surface area contributed by atoms with E-state index in [0.717, 1.165) is 31.2 Å². The van der Waals surface area contributed by atoms with Crippen LogP contribution in [0.5, 0.6) is 0 Å². The number of hydrogen-bond donors (Lipinski definition) is 0. The molecule has 0 unspecified atom stereocenters. The largest absolute Gasteiger partial charge is 0.297 e. The molecule has 0 N–H and O–H groups in total. The summed E-state index contributed by atoms with van der Waals surface area (Å²) in [5.74, 6) is 0. The van der Waals surface area contributed by atoms with E-state index in [4.69, 9.17) is 4.18 Å². The first-order valence-electron chi connectivity index (χ1n) is 13.5. The second kappa shape index (κ2) is 18.5. The van der Waals surface area contributed by atoms with Crippen molar-refractivity contribution in [3.8, 4) is 0 Å². The molecular weight excluding hydrogens is 416 g/mol. The van der Waals surface area contributed by atoms with Crippen LogP contribution in [0.2, 0.25) is 0 Å². The number of benzene rings is 1. The first-order valence-corrected chi connectivity index (χ1v) is 14.9. The van der Waals surface area contributed by atoms with E-state index in [2.05, 4.69) is 13.8 Å². The molecule has 0 radical (unpaired) electrons. The molecule has 0 aromatic heterocycles. The maximum atomic E-state index is 12.8. The maximum absolute atomic E-state index is 12.8. The Bertz CT molecular complexity index is 632. The van der Waals surface area contributed by atoms with Crippen molar-refractivity contribution in [1.29, 1.82) is 0 Å². The summed E-state index contributed by atoms with van der Waals surface area (Å²) in [4.78, 5) is 0.278. The molecule has 0 aliphatic heterocycles. The number of hydrogen-bond acceptors (Lipinski definition) is 3. The molecule has 0 saturated carbocycles. The second-order valence-electron chi connectivity index (χ2n) is 9.51. The lowest BCUT2D eigenvalue weighted by Crippen LogP contribution is -2.19. The third kappa shape index (κ3) is 14.3. The Labute approximate surface area is 199 Å². The van der Waals surface area contributed by atoms with Gasteiger partial charge in [0.2, 0.25) is 0 Å². The number of rotatable bonds is 21. The second-order valence-corrected chi connectivity index (χ2v) is 11.1. The van der Waals surface area contributed by atoms with Crippen molar-refractivity contribution in [2.24, 2.45) is 0 Å². The highest BCUT2D eigenvalue weighted by Crippen LogP contribution is 2.22. The minimum absolute atomic E-state index is 0.193. The lowest BCUT2D eigenvalue weighted by atomic mass is 10.0. The smallest absolute Gasteiger partial charge is 0.263 e. The quantitative estimate of drug-likeness (QED) is 0.134. The molecule has 0 fully saturated rings. The fourth-order valence-corrected chi connectivity index (χ4v) is 5.32. The van der Waals surface area contributed by atoms with Crippen LogP contribution in [0.3, 0.4) is 0 Å². The van der Waals surface area contributed by atoms with Crippen molar-refractivity contribution >= 4 is 10.1 Å². The van der Waals surface area contributed by atoms with Crippen LogP contribution in [0.15, 0.2) is 29.2 Å². The van der Waals surface area contributed by atoms with Crippen LogP contribution < -0.4 is 0 Å². The van der Waals surface area contributed by atoms with Gasteiger partial charge in [0.05, 0.1) is 11.0 Å². The van der Waals surface area contributed by atoms with E-state index in [1.54, 1.807) is 12.1 Å². The van der Waals surface area contributed by atoms with E-state index >= 15 is 0 Å². The van der Waals surface area contributed by atoms with Gasteiger partial charge in [-0.1, -0.05) is 134 Å². The van der Waals surface area contributed by atoms with Gasteiger partial charge in [0.15, 0.2) is 0 Å². The molecule has 3 nitrogen and oxygen atoms in total. The highest BCUT2D eigenvalue weighted by Gasteiger charge is 2.21. The summed E-state index contributed by atoms with van der Waals surface area (Å²) in [6, 6.07) is 6.99. The monoisotopic (exact) mass is 466 g/mol. The van der Waals surface area contributed by atoms with Gasteiger partial charge in [-0.3, -0.25) is 4.18 Å². The Morgan fingerprint density at radius 3 is 1.41 bits per heavy atom. The summed E-state index contributed by atoms with van der Waals surface area (Å²) in [6.45, 7) is 6.46. The molecular formula is C28H50O3S. The zero-order chi connectivity index (χ0) is 23.5. The van der Waals surface area contributed by atoms with E-state index in [1.165, 1.54) is 89.9 Å². The van der Waals surface area contributed by atoms with Crippen molar-refractivity contribution in [2.45, 2.75) is 147 Å². The first kappa shape index (κ1) is 29.2. The molecule has 0 saturated heterocycles. The molecule has 0 aliphatic carbocycles. The maximum Gasteiger partial charge on any atom is 0.297 e. The lowest BCUT2D eigenvalue weighted by molar-refractivity contribution is 0.180. The van der Waals surface area contributed by atoms with Gasteiger partial charge in [0, 0.05) is 0 Å². The van der Waals surface area contributed by atoms with E-state index < -0.39 is 10.1 Å². The fourth-order valence-electron chi connectivity index (χ4n) is 4.19. The first-order chi connectivity index (χ1) is 15.5. The lowest BCUT2D eigenvalue weighted by Gasteiger charge is -2.18. The summed E-state index contributed by atoms with van der Waals surface area (Å²) in [5, 5.41) is 0. The third-order valence-corrected chi connectivity index (χ3v) is 7.71. The average Bonchev–Trinajstić information content (AvgIpc) is 2.77. The van der Waals surface area contributed by atoms with Gasteiger partial charge < -0.3 is 0 Å². The topological polar surface area (TPSA) is 43.4 Å². The Morgan fingerprint density at radius 2 is 1.00 bits per heavy atom. The van der Waals surface area contributed by atoms with E-state index in [0.29, 0.717) is 0 Å². The van der Waals surface area contributed by atoms with Crippen molar-refractivity contribution < 1.29 is 12.6 Å². The van der Waals surface area contributed by atoms with Crippen LogP contribution in [0, 0.1) is 6.92 Å². The summed E-state index contributed by atoms with van der Waals surface area (Å²) >= 11 is 0. The van der Waals surface area contributed by atoms with E-state index in [9.17, 15) is 8.42 Å². The standard InChI is InChI=1S/C28H50O3S/c1-4-6-8-10-12-14-16-18-20-27(21-19-17-15-13-11-9-7-5-2)31-32(29,30)28-24-22-26(3)23-25-28/h22-25,27H,4-21H2,1-3H3. The Morgan fingerprint density at radius 1 is 0.625 bits per heavy atom. The van der Waals surface area contributed by atoms with Gasteiger partial charge >= 0.3 is 0 Å². The van der Waals surface area contributed by atoms with Crippen LogP contribution in [-0.4, -0.2) is 14.5 Å². The molecule has 32 heavy (non-hydrogen) atoms. The molecule has 0 spiro atoms. The molecule has 4 heteroatoms. The van der Waals surface area contributed by atoms with E-state index in [1.807, 2.05) is 19.1 Å². The van der Waals surface area contributed by atoms with Gasteiger partial charge in [-0.25, -0.2) is 0 Å². The van der Waals surface area contributed by atoms with Crippen LogP contribution in [0.4, 0.5) is 0 Å². The summed E-state index contributed by atoms with van der Waals surface area (Å²) in [7, 11) is -3.69. The number of unbranched alkanes of at least 4 members (excludes halogenated alkanes) is 14. The normalized spacial score (nSPS) is 12.0. The fraction of sp³-hybridized carbons (Fsp3) is 0.786. The summed E-state index contributed by atoms with van der Waals surface area (Å²) in [6.07, 6.45) is 21.6. The Hall–Kier alpha value is -0.870. The average molecular weight is 467 g/mol. The minimum Gasteiger partial charge on any atom is -0.263 e. The molecule has 0 aliphatic rings. The molecule has 1 aromatic carbocycles. The third-order valence-electron chi connectivity index (χ3n) is 6.33. The zero-order valence-corrected chi connectivity index (χ0v) is 22.1. The van der Waals surface area contributed by atoms with Crippen LogP contribution >= 0.6 is 0 Å². The predicted octanol–water partition coefficient (Wildman–Crippen LogP) is 9.13. The molecule has 0 heterocycles. The van der Waals surface area contributed by atoms with E-state index in [-0.39, 0.29) is 11.0 Å². The van der Waals surface area contributed by atoms with Crippen molar-refractivity contribution in [2.75, 3.05) is 0 Å². The van der Waals surface area contributed by atoms with Gasteiger partial charge in [-0.2, -0.15) is 8.42 Å². The summed E-state index contributed by atoms with van der Waals surface area (Å²) in [5.41, 5.74) is 1.05. The Kier molecular flexibility index (Phi) is 16.9. The molecule has 1 aromatic rings. The molecule has 1 rings (SSSR count). The highest BCUT2D eigenvalue weighted by atomic mass is 32.2. The van der Waals surface area contributed by atoms with Crippen LogP contribution in [0.1, 0.15) is 135 Å². The zero-order valence-electron chi connectivity index (χ0n) is 21.2. The van der Waals surface area contributed by atoms with Crippen LogP contribution in [-0.2, 0) is 14.3 Å². The minimum atomic E-state index is -3.69. The Balaban J connectivity index is 2.44. The molecule has 186 valence electrons. The molecule has 0 bridgehead atoms. The van der Waals surface area contributed by atoms with Gasteiger partial charge in [0.1, 0.15) is 0 Å². The van der Waals surface area contributed by atoms with Crippen molar-refractivity contribution in [1.82, 2.24) is 0 Å². The van der Waals surface area contributed by atoms with Crippen LogP contribution in [0.25, 0.3) is 0 Å². The summed E-state index contributed by atoms with van der Waals surface area (Å²) < 4.78 is 31.4. The molecule has 0 amide bonds. The van der Waals surface area contributed by atoms with Crippen molar-refractivity contribution in [3.63, 3.8) is 0 Å². The van der Waals surface area contributed by atoms with Gasteiger partial charge in [-0.15, -0.1) is 0 Å². The van der Waals surface area contributed by atoms with Crippen molar-refractivity contribution in [3.05, 3.63) is 29.8 Å².